The number of amides is 1. The molecule has 27 heavy (non-hydrogen) atoms. The number of hydrogen-bond acceptors (Lipinski definition) is 3. The number of aromatic nitrogens is 1. The normalized spacial score (nSPS) is 14.9. The number of hydrogen-bond donors (Lipinski definition) is 1. The lowest BCUT2D eigenvalue weighted by Crippen LogP contribution is -2.40. The van der Waals surface area contributed by atoms with Gasteiger partial charge in [-0.1, -0.05) is 24.3 Å². The van der Waals surface area contributed by atoms with Crippen LogP contribution >= 0.6 is 0 Å². The van der Waals surface area contributed by atoms with Crippen molar-refractivity contribution < 1.29 is 9.59 Å². The minimum Gasteiger partial charge on any atom is -0.360 e. The number of nitriles is 1. The number of para-hydroxylation sites is 1. The molecule has 4 rings (SSSR count). The summed E-state index contributed by atoms with van der Waals surface area (Å²) in [6.07, 6.45) is 3.10. The van der Waals surface area contributed by atoms with Gasteiger partial charge >= 0.3 is 0 Å². The Labute approximate surface area is 157 Å². The van der Waals surface area contributed by atoms with Gasteiger partial charge < -0.3 is 9.88 Å². The van der Waals surface area contributed by atoms with E-state index in [1.54, 1.807) is 35.4 Å². The van der Waals surface area contributed by atoms with Crippen molar-refractivity contribution in [3.63, 3.8) is 0 Å². The number of fused-ring (bicyclic) bond motifs is 1. The van der Waals surface area contributed by atoms with E-state index in [1.165, 1.54) is 0 Å². The average Bonchev–Trinajstić information content (AvgIpc) is 3.17. The fourth-order valence-electron chi connectivity index (χ4n) is 3.74. The number of carbonyl (C=O) groups excluding carboxylic acids is 2. The molecule has 1 amide bonds. The number of ketones is 1. The van der Waals surface area contributed by atoms with Gasteiger partial charge in [-0.25, -0.2) is 0 Å². The molecule has 1 fully saturated rings. The van der Waals surface area contributed by atoms with Crippen LogP contribution in [0.15, 0.2) is 54.7 Å². The molecule has 0 spiro atoms. The Balaban J connectivity index is 1.45. The number of likely N-dealkylation sites (tertiary alicyclic amines) is 1. The monoisotopic (exact) mass is 357 g/mol. The van der Waals surface area contributed by atoms with Crippen molar-refractivity contribution in [3.8, 4) is 6.07 Å². The van der Waals surface area contributed by atoms with Gasteiger partial charge in [-0.3, -0.25) is 9.59 Å². The van der Waals surface area contributed by atoms with Crippen molar-refractivity contribution in [1.29, 1.82) is 5.26 Å². The lowest BCUT2D eigenvalue weighted by Gasteiger charge is -2.31. The maximum Gasteiger partial charge on any atom is 0.253 e. The number of carbonyl (C=O) groups is 2. The number of rotatable bonds is 3. The van der Waals surface area contributed by atoms with Crippen molar-refractivity contribution in [2.75, 3.05) is 13.1 Å². The van der Waals surface area contributed by atoms with E-state index in [0.29, 0.717) is 37.1 Å². The number of nitrogens with zero attached hydrogens (tertiary/aromatic N) is 2. The number of benzene rings is 2. The first-order valence-electron chi connectivity index (χ1n) is 9.07. The van der Waals surface area contributed by atoms with Gasteiger partial charge in [0.2, 0.25) is 0 Å². The molecule has 0 atom stereocenters. The summed E-state index contributed by atoms with van der Waals surface area (Å²) in [5.74, 6) is -0.00480. The first-order chi connectivity index (χ1) is 13.2. The molecule has 0 radical (unpaired) electrons. The zero-order valence-corrected chi connectivity index (χ0v) is 14.8. The third kappa shape index (κ3) is 3.22. The number of H-pyrrole nitrogens is 1. The fraction of sp³-hybridized carbons (Fsp3) is 0.227. The third-order valence-corrected chi connectivity index (χ3v) is 5.25. The Kier molecular flexibility index (Phi) is 4.47. The van der Waals surface area contributed by atoms with Gasteiger partial charge in [0.15, 0.2) is 5.78 Å². The average molecular weight is 357 g/mol. The van der Waals surface area contributed by atoms with Crippen LogP contribution in [0.5, 0.6) is 0 Å². The molecule has 134 valence electrons. The molecule has 5 nitrogen and oxygen atoms in total. The first kappa shape index (κ1) is 17.0. The van der Waals surface area contributed by atoms with E-state index in [1.807, 2.05) is 24.3 Å². The van der Waals surface area contributed by atoms with Crippen molar-refractivity contribution in [2.24, 2.45) is 5.92 Å². The highest BCUT2D eigenvalue weighted by Crippen LogP contribution is 2.27. The van der Waals surface area contributed by atoms with Crippen LogP contribution in [0.3, 0.4) is 0 Å². The number of nitrogens with one attached hydrogen (secondary N) is 1. The minimum atomic E-state index is -0.0786. The topological polar surface area (TPSA) is 77.0 Å². The Hall–Kier alpha value is -3.39. The van der Waals surface area contributed by atoms with E-state index in [4.69, 9.17) is 5.26 Å². The molecule has 1 aliphatic heterocycles. The molecule has 1 aliphatic rings. The van der Waals surface area contributed by atoms with Crippen molar-refractivity contribution in [3.05, 3.63) is 71.4 Å². The second-order valence-electron chi connectivity index (χ2n) is 6.87. The van der Waals surface area contributed by atoms with Gasteiger partial charge in [0.05, 0.1) is 11.6 Å². The van der Waals surface area contributed by atoms with Gasteiger partial charge in [-0.05, 0) is 37.1 Å². The lowest BCUT2D eigenvalue weighted by molar-refractivity contribution is 0.0651. The summed E-state index contributed by atoms with van der Waals surface area (Å²) in [5, 5.41) is 9.95. The van der Waals surface area contributed by atoms with E-state index in [0.717, 1.165) is 16.5 Å². The van der Waals surface area contributed by atoms with Gasteiger partial charge in [-0.2, -0.15) is 5.26 Å². The van der Waals surface area contributed by atoms with E-state index in [-0.39, 0.29) is 17.6 Å². The van der Waals surface area contributed by atoms with Gasteiger partial charge in [0, 0.05) is 47.2 Å². The van der Waals surface area contributed by atoms with Crippen LogP contribution in [0.2, 0.25) is 0 Å². The molecule has 1 aromatic heterocycles. The second kappa shape index (κ2) is 7.08. The van der Waals surface area contributed by atoms with Crippen LogP contribution in [0.4, 0.5) is 0 Å². The number of piperidine rings is 1. The van der Waals surface area contributed by atoms with Crippen LogP contribution in [-0.2, 0) is 0 Å². The molecule has 1 saturated heterocycles. The Morgan fingerprint density at radius 3 is 2.63 bits per heavy atom. The summed E-state index contributed by atoms with van der Waals surface area (Å²) in [7, 11) is 0. The SMILES string of the molecule is N#Cc1cccc(C(=O)N2CCC(C(=O)c3c[nH]c4ccccc34)CC2)c1. The number of Topliss-reactive ketones (excluding diaryl/α,β-unsaturated/α-hetero) is 1. The van der Waals surface area contributed by atoms with Crippen molar-refractivity contribution in [2.45, 2.75) is 12.8 Å². The molecule has 0 saturated carbocycles. The quantitative estimate of drug-likeness (QED) is 0.725. The van der Waals surface area contributed by atoms with Gasteiger partial charge in [-0.15, -0.1) is 0 Å². The predicted octanol–water partition coefficient (Wildman–Crippen LogP) is 3.77. The van der Waals surface area contributed by atoms with Crippen LogP contribution in [-0.4, -0.2) is 34.7 Å². The molecule has 2 aromatic carbocycles. The summed E-state index contributed by atoms with van der Waals surface area (Å²) in [4.78, 5) is 30.5. The van der Waals surface area contributed by atoms with Crippen molar-refractivity contribution >= 4 is 22.6 Å². The third-order valence-electron chi connectivity index (χ3n) is 5.25. The molecule has 5 heteroatoms. The Bertz CT molecular complexity index is 1050. The highest BCUT2D eigenvalue weighted by molar-refractivity contribution is 6.09. The van der Waals surface area contributed by atoms with Crippen LogP contribution in [0.1, 0.15) is 39.1 Å². The van der Waals surface area contributed by atoms with Crippen LogP contribution in [0, 0.1) is 17.2 Å². The van der Waals surface area contributed by atoms with Crippen LogP contribution < -0.4 is 0 Å². The van der Waals surface area contributed by atoms with E-state index in [2.05, 4.69) is 11.1 Å². The van der Waals surface area contributed by atoms with Gasteiger partial charge in [0.1, 0.15) is 0 Å². The largest absolute Gasteiger partial charge is 0.360 e. The molecule has 0 bridgehead atoms. The van der Waals surface area contributed by atoms with Crippen molar-refractivity contribution in [1.82, 2.24) is 9.88 Å². The Morgan fingerprint density at radius 1 is 1.07 bits per heavy atom. The predicted molar refractivity (Wildman–Crippen MR) is 102 cm³/mol. The van der Waals surface area contributed by atoms with E-state index >= 15 is 0 Å². The summed E-state index contributed by atoms with van der Waals surface area (Å²) < 4.78 is 0. The molecule has 0 unspecified atom stereocenters. The zero-order valence-electron chi connectivity index (χ0n) is 14.8. The molecule has 3 aromatic rings. The molecule has 2 heterocycles. The maximum absolute atomic E-state index is 12.9. The summed E-state index contributed by atoms with van der Waals surface area (Å²) in [5.41, 5.74) is 2.70. The second-order valence-corrected chi connectivity index (χ2v) is 6.87. The minimum absolute atomic E-state index is 0.0706. The summed E-state index contributed by atoms with van der Waals surface area (Å²) in [6.45, 7) is 1.10. The van der Waals surface area contributed by atoms with E-state index in [9.17, 15) is 9.59 Å². The van der Waals surface area contributed by atoms with Gasteiger partial charge in [0.25, 0.3) is 5.91 Å². The zero-order chi connectivity index (χ0) is 18.8. The molecular weight excluding hydrogens is 338 g/mol. The highest BCUT2D eigenvalue weighted by atomic mass is 16.2. The lowest BCUT2D eigenvalue weighted by atomic mass is 9.88. The summed E-state index contributed by atoms with van der Waals surface area (Å²) in [6, 6.07) is 16.6. The fourth-order valence-corrected chi connectivity index (χ4v) is 3.74. The van der Waals surface area contributed by atoms with Crippen LogP contribution in [0.25, 0.3) is 10.9 Å². The molecule has 1 N–H and O–H groups in total. The molecule has 0 aliphatic carbocycles. The standard InChI is InChI=1S/C22H19N3O2/c23-13-15-4-3-5-17(12-15)22(27)25-10-8-16(9-11-25)21(26)19-14-24-20-7-2-1-6-18(19)20/h1-7,12,14,16,24H,8-11H2. The smallest absolute Gasteiger partial charge is 0.253 e. The highest BCUT2D eigenvalue weighted by Gasteiger charge is 2.29. The Morgan fingerprint density at radius 2 is 1.85 bits per heavy atom. The first-order valence-corrected chi connectivity index (χ1v) is 9.07. The van der Waals surface area contributed by atoms with E-state index < -0.39 is 0 Å². The molecular formula is C22H19N3O2. The summed E-state index contributed by atoms with van der Waals surface area (Å²) >= 11 is 0. The number of aromatic amines is 1. The maximum atomic E-state index is 12.9.